The molecule has 1 N–H and O–H groups in total. The summed E-state index contributed by atoms with van der Waals surface area (Å²) >= 11 is 0. The van der Waals surface area contributed by atoms with E-state index in [0.29, 0.717) is 19.0 Å². The molecule has 0 atom stereocenters. The van der Waals surface area contributed by atoms with E-state index in [1.165, 1.54) is 0 Å². The topological polar surface area (TPSA) is 56.1 Å². The molecule has 14 heavy (non-hydrogen) atoms. The van der Waals surface area contributed by atoms with E-state index in [2.05, 4.69) is 16.3 Å². The first-order chi connectivity index (χ1) is 6.76. The van der Waals surface area contributed by atoms with Gasteiger partial charge in [-0.25, -0.2) is 0 Å². The van der Waals surface area contributed by atoms with Crippen molar-refractivity contribution in [3.05, 3.63) is 0 Å². The number of hydrogen-bond acceptors (Lipinski definition) is 3. The fraction of sp³-hybridized carbons (Fsp3) is 0.800. The molecule has 1 aliphatic heterocycles. The van der Waals surface area contributed by atoms with Gasteiger partial charge in [0.25, 0.3) is 0 Å². The molecule has 0 unspecified atom stereocenters. The molecule has 0 aromatic heterocycles. The van der Waals surface area contributed by atoms with E-state index in [1.54, 1.807) is 0 Å². The summed E-state index contributed by atoms with van der Waals surface area (Å²) in [6.45, 7) is 4.21. The van der Waals surface area contributed by atoms with Gasteiger partial charge < -0.3 is 5.32 Å². The second kappa shape index (κ2) is 5.61. The standard InChI is InChI=1S/C10H17N3O/c1-2-10(14)12-9-3-6-13(7-4-9)8-5-11/h9H,2-4,6-8H2,1H3,(H,12,14). The number of hydrogen-bond donors (Lipinski definition) is 1. The molecule has 0 saturated carbocycles. The van der Waals surface area contributed by atoms with Gasteiger partial charge in [-0.15, -0.1) is 0 Å². The lowest BCUT2D eigenvalue weighted by molar-refractivity contribution is -0.121. The number of piperidine rings is 1. The number of rotatable bonds is 3. The van der Waals surface area contributed by atoms with Crippen LogP contribution < -0.4 is 5.32 Å². The minimum Gasteiger partial charge on any atom is -0.353 e. The summed E-state index contributed by atoms with van der Waals surface area (Å²) < 4.78 is 0. The Morgan fingerprint density at radius 3 is 2.71 bits per heavy atom. The van der Waals surface area contributed by atoms with Gasteiger partial charge >= 0.3 is 0 Å². The first kappa shape index (κ1) is 11.0. The van der Waals surface area contributed by atoms with Crippen LogP contribution in [-0.2, 0) is 4.79 Å². The maximum atomic E-state index is 11.1. The van der Waals surface area contributed by atoms with Crippen molar-refractivity contribution in [3.8, 4) is 6.07 Å². The van der Waals surface area contributed by atoms with Crippen molar-refractivity contribution in [2.45, 2.75) is 32.2 Å². The van der Waals surface area contributed by atoms with Crippen LogP contribution in [0.25, 0.3) is 0 Å². The first-order valence-electron chi connectivity index (χ1n) is 5.15. The van der Waals surface area contributed by atoms with Gasteiger partial charge in [-0.05, 0) is 12.8 Å². The van der Waals surface area contributed by atoms with Crippen molar-refractivity contribution in [2.24, 2.45) is 0 Å². The third-order valence-electron chi connectivity index (χ3n) is 2.57. The number of nitriles is 1. The number of nitrogens with one attached hydrogen (secondary N) is 1. The highest BCUT2D eigenvalue weighted by atomic mass is 16.1. The van der Waals surface area contributed by atoms with Crippen LogP contribution in [0.3, 0.4) is 0 Å². The summed E-state index contributed by atoms with van der Waals surface area (Å²) in [6.07, 6.45) is 2.49. The molecule has 78 valence electrons. The minimum atomic E-state index is 0.128. The molecule has 4 nitrogen and oxygen atoms in total. The Bertz CT molecular complexity index is 226. The zero-order valence-electron chi connectivity index (χ0n) is 8.62. The van der Waals surface area contributed by atoms with Crippen LogP contribution in [0.5, 0.6) is 0 Å². The van der Waals surface area contributed by atoms with Crippen LogP contribution in [0.15, 0.2) is 0 Å². The average molecular weight is 195 g/mol. The Kier molecular flexibility index (Phi) is 4.41. The molecule has 1 rings (SSSR count). The molecule has 0 aromatic rings. The third kappa shape index (κ3) is 3.35. The first-order valence-corrected chi connectivity index (χ1v) is 5.15. The van der Waals surface area contributed by atoms with Crippen LogP contribution in [-0.4, -0.2) is 36.5 Å². The lowest BCUT2D eigenvalue weighted by Crippen LogP contribution is -2.44. The Labute approximate surface area is 84.9 Å². The van der Waals surface area contributed by atoms with Gasteiger partial charge in [0, 0.05) is 25.6 Å². The average Bonchev–Trinajstić information content (AvgIpc) is 2.21. The molecule has 4 heteroatoms. The minimum absolute atomic E-state index is 0.128. The number of amides is 1. The van der Waals surface area contributed by atoms with E-state index < -0.39 is 0 Å². The van der Waals surface area contributed by atoms with E-state index in [1.807, 2.05) is 6.92 Å². The van der Waals surface area contributed by atoms with Crippen LogP contribution in [0, 0.1) is 11.3 Å². The maximum Gasteiger partial charge on any atom is 0.219 e. The molecule has 0 aliphatic carbocycles. The van der Waals surface area contributed by atoms with Gasteiger partial charge in [0.1, 0.15) is 0 Å². The fourth-order valence-electron chi connectivity index (χ4n) is 1.67. The summed E-state index contributed by atoms with van der Waals surface area (Å²) in [7, 11) is 0. The predicted octanol–water partition coefficient (Wildman–Crippen LogP) is 0.501. The number of likely N-dealkylation sites (tertiary alicyclic amines) is 1. The SMILES string of the molecule is CCC(=O)NC1CCN(CC#N)CC1. The molecule has 1 heterocycles. The molecule has 1 fully saturated rings. The molecular formula is C10H17N3O. The number of carbonyl (C=O) groups excluding carboxylic acids is 1. The monoisotopic (exact) mass is 195 g/mol. The van der Waals surface area contributed by atoms with Crippen molar-refractivity contribution < 1.29 is 4.79 Å². The summed E-state index contributed by atoms with van der Waals surface area (Å²) in [5.74, 6) is 0.128. The van der Waals surface area contributed by atoms with Gasteiger partial charge in [0.15, 0.2) is 0 Å². The van der Waals surface area contributed by atoms with Crippen molar-refractivity contribution in [3.63, 3.8) is 0 Å². The van der Waals surface area contributed by atoms with E-state index in [4.69, 9.17) is 5.26 Å². The van der Waals surface area contributed by atoms with E-state index in [9.17, 15) is 4.79 Å². The molecule has 0 bridgehead atoms. The molecule has 1 amide bonds. The summed E-state index contributed by atoms with van der Waals surface area (Å²) in [6, 6.07) is 2.46. The van der Waals surface area contributed by atoms with Gasteiger partial charge in [0.05, 0.1) is 12.6 Å². The Morgan fingerprint density at radius 2 is 2.21 bits per heavy atom. The molecule has 1 aliphatic rings. The summed E-state index contributed by atoms with van der Waals surface area (Å²) in [5.41, 5.74) is 0. The van der Waals surface area contributed by atoms with E-state index in [-0.39, 0.29) is 5.91 Å². The van der Waals surface area contributed by atoms with Crippen LogP contribution >= 0.6 is 0 Å². The van der Waals surface area contributed by atoms with Crippen LogP contribution in [0.1, 0.15) is 26.2 Å². The zero-order chi connectivity index (χ0) is 10.4. The highest BCUT2D eigenvalue weighted by Gasteiger charge is 2.19. The highest BCUT2D eigenvalue weighted by Crippen LogP contribution is 2.09. The lowest BCUT2D eigenvalue weighted by atomic mass is 10.1. The number of nitrogens with zero attached hydrogens (tertiary/aromatic N) is 2. The van der Waals surface area contributed by atoms with Crippen molar-refractivity contribution in [2.75, 3.05) is 19.6 Å². The lowest BCUT2D eigenvalue weighted by Gasteiger charge is -2.30. The van der Waals surface area contributed by atoms with E-state index >= 15 is 0 Å². The van der Waals surface area contributed by atoms with Gasteiger partial charge in [-0.1, -0.05) is 6.92 Å². The molecule has 0 spiro atoms. The second-order valence-corrected chi connectivity index (χ2v) is 3.63. The van der Waals surface area contributed by atoms with Crippen molar-refractivity contribution >= 4 is 5.91 Å². The summed E-state index contributed by atoms with van der Waals surface area (Å²) in [5, 5.41) is 11.5. The quantitative estimate of drug-likeness (QED) is 0.667. The Morgan fingerprint density at radius 1 is 1.57 bits per heavy atom. The normalized spacial score (nSPS) is 18.9. The number of carbonyl (C=O) groups is 1. The van der Waals surface area contributed by atoms with Gasteiger partial charge in [-0.2, -0.15) is 5.26 Å². The molecule has 0 radical (unpaired) electrons. The largest absolute Gasteiger partial charge is 0.353 e. The maximum absolute atomic E-state index is 11.1. The highest BCUT2D eigenvalue weighted by molar-refractivity contribution is 5.75. The second-order valence-electron chi connectivity index (χ2n) is 3.63. The van der Waals surface area contributed by atoms with Crippen LogP contribution in [0.4, 0.5) is 0 Å². The van der Waals surface area contributed by atoms with Crippen LogP contribution in [0.2, 0.25) is 0 Å². The Hall–Kier alpha value is -1.08. The smallest absolute Gasteiger partial charge is 0.219 e. The zero-order valence-corrected chi connectivity index (χ0v) is 8.62. The predicted molar refractivity (Wildman–Crippen MR) is 53.5 cm³/mol. The molecule has 0 aromatic carbocycles. The third-order valence-corrected chi connectivity index (χ3v) is 2.57. The molecular weight excluding hydrogens is 178 g/mol. The summed E-state index contributed by atoms with van der Waals surface area (Å²) in [4.78, 5) is 13.2. The Balaban J connectivity index is 2.22. The van der Waals surface area contributed by atoms with Gasteiger partial charge in [0.2, 0.25) is 5.91 Å². The van der Waals surface area contributed by atoms with Gasteiger partial charge in [-0.3, -0.25) is 9.69 Å². The van der Waals surface area contributed by atoms with E-state index in [0.717, 1.165) is 25.9 Å². The van der Waals surface area contributed by atoms with Crippen molar-refractivity contribution in [1.82, 2.24) is 10.2 Å². The van der Waals surface area contributed by atoms with Crippen molar-refractivity contribution in [1.29, 1.82) is 5.26 Å². The molecule has 1 saturated heterocycles. The fourth-order valence-corrected chi connectivity index (χ4v) is 1.67.